The van der Waals surface area contributed by atoms with Crippen LogP contribution in [0.4, 0.5) is 5.69 Å². The van der Waals surface area contributed by atoms with Gasteiger partial charge < -0.3 is 14.5 Å². The molecule has 30 heavy (non-hydrogen) atoms. The number of benzene rings is 3. The third-order valence-electron chi connectivity index (χ3n) is 6.49. The summed E-state index contributed by atoms with van der Waals surface area (Å²) in [7, 11) is 3.73. The lowest BCUT2D eigenvalue weighted by Gasteiger charge is -2.47. The highest BCUT2D eigenvalue weighted by atomic mass is 16.5. The largest absolute Gasteiger partial charge is 0.497 e. The van der Waals surface area contributed by atoms with E-state index in [1.807, 2.05) is 53.4 Å². The van der Waals surface area contributed by atoms with Crippen LogP contribution in [0.15, 0.2) is 79.4 Å². The normalized spacial score (nSPS) is 19.8. The Bertz CT molecular complexity index is 1150. The van der Waals surface area contributed by atoms with Gasteiger partial charge in [0.1, 0.15) is 11.3 Å². The van der Waals surface area contributed by atoms with E-state index < -0.39 is 5.54 Å². The molecule has 0 N–H and O–H groups in total. The minimum atomic E-state index is -0.506. The predicted octanol–water partition coefficient (Wildman–Crippen LogP) is 4.71. The molecule has 0 bridgehead atoms. The van der Waals surface area contributed by atoms with Crippen LogP contribution in [0.2, 0.25) is 0 Å². The van der Waals surface area contributed by atoms with Crippen molar-refractivity contribution in [1.29, 1.82) is 0 Å². The molecule has 4 heteroatoms. The highest BCUT2D eigenvalue weighted by Crippen LogP contribution is 2.54. The van der Waals surface area contributed by atoms with Crippen molar-refractivity contribution in [2.45, 2.75) is 12.1 Å². The molecule has 3 aromatic rings. The van der Waals surface area contributed by atoms with Gasteiger partial charge in [-0.3, -0.25) is 4.79 Å². The van der Waals surface area contributed by atoms with Gasteiger partial charge in [0.25, 0.3) is 5.91 Å². The number of hydrogen-bond donors (Lipinski definition) is 0. The second-order valence-electron chi connectivity index (χ2n) is 7.97. The zero-order valence-electron chi connectivity index (χ0n) is 17.3. The quantitative estimate of drug-likeness (QED) is 0.643. The first kappa shape index (κ1) is 18.5. The van der Waals surface area contributed by atoms with E-state index in [0.29, 0.717) is 24.4 Å². The summed E-state index contributed by atoms with van der Waals surface area (Å²) in [5, 5.41) is 0. The second kappa shape index (κ2) is 6.77. The molecule has 0 aliphatic carbocycles. The Balaban J connectivity index is 1.69. The Kier molecular flexibility index (Phi) is 4.17. The Morgan fingerprint density at radius 2 is 1.73 bits per heavy atom. The molecule has 1 amide bonds. The van der Waals surface area contributed by atoms with Gasteiger partial charge in [0.05, 0.1) is 13.7 Å². The van der Waals surface area contributed by atoms with Crippen molar-refractivity contribution in [2.75, 3.05) is 25.6 Å². The highest BCUT2D eigenvalue weighted by Gasteiger charge is 2.52. The predicted molar refractivity (Wildman–Crippen MR) is 120 cm³/mol. The number of carbonyl (C=O) groups is 1. The van der Waals surface area contributed by atoms with Crippen LogP contribution < -0.4 is 9.64 Å². The fourth-order valence-corrected chi connectivity index (χ4v) is 4.92. The fourth-order valence-electron chi connectivity index (χ4n) is 4.92. The van der Waals surface area contributed by atoms with Crippen molar-refractivity contribution >= 4 is 17.2 Å². The molecular weight excluding hydrogens is 372 g/mol. The van der Waals surface area contributed by atoms with E-state index >= 15 is 0 Å². The van der Waals surface area contributed by atoms with Crippen LogP contribution in [0.1, 0.15) is 27.0 Å². The van der Waals surface area contributed by atoms with Crippen molar-refractivity contribution < 1.29 is 9.53 Å². The molecule has 2 aliphatic rings. The number of likely N-dealkylation sites (N-methyl/N-ethyl adjacent to an activating group) is 1. The average Bonchev–Trinajstić information content (AvgIpc) is 3.00. The van der Waals surface area contributed by atoms with Gasteiger partial charge in [0.15, 0.2) is 0 Å². The average molecular weight is 396 g/mol. The molecule has 2 heterocycles. The maximum Gasteiger partial charge on any atom is 0.254 e. The number of amides is 1. The number of methoxy groups -OCH3 is 1. The fraction of sp³-hybridized carbons (Fsp3) is 0.192. The van der Waals surface area contributed by atoms with Crippen molar-refractivity contribution in [3.63, 3.8) is 0 Å². The van der Waals surface area contributed by atoms with Crippen LogP contribution >= 0.6 is 0 Å². The molecule has 1 spiro atoms. The van der Waals surface area contributed by atoms with Gasteiger partial charge in [0.2, 0.25) is 0 Å². The molecule has 0 radical (unpaired) electrons. The summed E-state index contributed by atoms with van der Waals surface area (Å²) in [5.74, 6) is 0.707. The van der Waals surface area contributed by atoms with Crippen LogP contribution in [0.25, 0.3) is 5.57 Å². The summed E-state index contributed by atoms with van der Waals surface area (Å²) in [4.78, 5) is 17.8. The SMILES string of the molecule is C=C1c2ccccc2N(C)[C@@]12CN(Cc1ccccc1)C(=O)c1cc(OC)ccc12. The maximum atomic E-state index is 13.5. The van der Waals surface area contributed by atoms with Gasteiger partial charge in [-0.15, -0.1) is 0 Å². The van der Waals surface area contributed by atoms with Crippen molar-refractivity contribution in [2.24, 2.45) is 0 Å². The molecule has 3 aromatic carbocycles. The molecule has 0 fully saturated rings. The van der Waals surface area contributed by atoms with Gasteiger partial charge >= 0.3 is 0 Å². The van der Waals surface area contributed by atoms with E-state index in [2.05, 4.69) is 42.8 Å². The van der Waals surface area contributed by atoms with Gasteiger partial charge in [-0.05, 0) is 34.9 Å². The first-order valence-corrected chi connectivity index (χ1v) is 10.1. The number of ether oxygens (including phenoxy) is 1. The summed E-state index contributed by atoms with van der Waals surface area (Å²) in [6, 6.07) is 24.3. The third-order valence-corrected chi connectivity index (χ3v) is 6.49. The third kappa shape index (κ3) is 2.50. The Morgan fingerprint density at radius 3 is 2.47 bits per heavy atom. The molecule has 150 valence electrons. The van der Waals surface area contributed by atoms with E-state index in [1.54, 1.807) is 7.11 Å². The van der Waals surface area contributed by atoms with Crippen LogP contribution in [0.3, 0.4) is 0 Å². The van der Waals surface area contributed by atoms with E-state index in [0.717, 1.165) is 28.0 Å². The number of rotatable bonds is 3. The Labute approximate surface area is 177 Å². The lowest BCUT2D eigenvalue weighted by atomic mass is 9.76. The molecule has 0 aromatic heterocycles. The van der Waals surface area contributed by atoms with Crippen molar-refractivity contribution in [3.8, 4) is 5.75 Å². The van der Waals surface area contributed by atoms with Crippen LogP contribution in [-0.4, -0.2) is 31.5 Å². The summed E-state index contributed by atoms with van der Waals surface area (Å²) >= 11 is 0. The minimum absolute atomic E-state index is 0.0236. The van der Waals surface area contributed by atoms with Crippen molar-refractivity contribution in [3.05, 3.63) is 102 Å². The number of hydrogen-bond acceptors (Lipinski definition) is 3. The Morgan fingerprint density at radius 1 is 1.00 bits per heavy atom. The second-order valence-corrected chi connectivity index (χ2v) is 7.97. The minimum Gasteiger partial charge on any atom is -0.497 e. The smallest absolute Gasteiger partial charge is 0.254 e. The van der Waals surface area contributed by atoms with Crippen LogP contribution in [0, 0.1) is 0 Å². The summed E-state index contributed by atoms with van der Waals surface area (Å²) in [6.07, 6.45) is 0. The van der Waals surface area contributed by atoms with Gasteiger partial charge in [0, 0.05) is 30.4 Å². The first-order valence-electron chi connectivity index (χ1n) is 10.1. The lowest BCUT2D eigenvalue weighted by molar-refractivity contribution is 0.0685. The van der Waals surface area contributed by atoms with Crippen LogP contribution in [-0.2, 0) is 12.1 Å². The molecular formula is C26H24N2O2. The summed E-state index contributed by atoms with van der Waals surface area (Å²) in [5.41, 5.74) is 5.56. The lowest BCUT2D eigenvalue weighted by Crippen LogP contribution is -2.55. The van der Waals surface area contributed by atoms with Gasteiger partial charge in [-0.25, -0.2) is 0 Å². The first-order chi connectivity index (χ1) is 14.6. The highest BCUT2D eigenvalue weighted by molar-refractivity contribution is 6.02. The van der Waals surface area contributed by atoms with Gasteiger partial charge in [-0.2, -0.15) is 0 Å². The standard InChI is InChI=1S/C26H24N2O2/c1-18-21-11-7-8-12-24(21)27(2)26(18)17-28(16-19-9-5-4-6-10-19)25(29)22-15-20(30-3)13-14-23(22)26/h4-15H,1,16-17H2,2-3H3/t26-/m0/s1. The number of anilines is 1. The molecule has 0 saturated carbocycles. The summed E-state index contributed by atoms with van der Waals surface area (Å²) in [6.45, 7) is 5.62. The molecule has 4 nitrogen and oxygen atoms in total. The number of nitrogens with zero attached hydrogens (tertiary/aromatic N) is 2. The zero-order chi connectivity index (χ0) is 20.9. The Hall–Kier alpha value is -3.53. The number of carbonyl (C=O) groups excluding carboxylic acids is 1. The zero-order valence-corrected chi connectivity index (χ0v) is 17.3. The molecule has 1 atom stereocenters. The van der Waals surface area contributed by atoms with E-state index in [-0.39, 0.29) is 5.91 Å². The topological polar surface area (TPSA) is 32.8 Å². The van der Waals surface area contributed by atoms with E-state index in [1.165, 1.54) is 0 Å². The molecule has 0 saturated heterocycles. The number of fused-ring (bicyclic) bond motifs is 3. The molecule has 0 unspecified atom stereocenters. The molecule has 2 aliphatic heterocycles. The maximum absolute atomic E-state index is 13.5. The summed E-state index contributed by atoms with van der Waals surface area (Å²) < 4.78 is 5.44. The van der Waals surface area contributed by atoms with E-state index in [4.69, 9.17) is 4.74 Å². The van der Waals surface area contributed by atoms with E-state index in [9.17, 15) is 4.79 Å². The van der Waals surface area contributed by atoms with Crippen molar-refractivity contribution in [1.82, 2.24) is 4.90 Å². The monoisotopic (exact) mass is 396 g/mol. The number of para-hydroxylation sites is 1. The van der Waals surface area contributed by atoms with Gasteiger partial charge in [-0.1, -0.05) is 61.2 Å². The molecule has 5 rings (SSSR count). The van der Waals surface area contributed by atoms with Crippen LogP contribution in [0.5, 0.6) is 5.75 Å².